The first-order valence-corrected chi connectivity index (χ1v) is 8.98. The van der Waals surface area contributed by atoms with Crippen LogP contribution in [-0.2, 0) is 16.6 Å². The molecule has 25 heavy (non-hydrogen) atoms. The van der Waals surface area contributed by atoms with Crippen molar-refractivity contribution in [2.75, 3.05) is 4.31 Å². The molecule has 0 aliphatic rings. The van der Waals surface area contributed by atoms with E-state index in [1.54, 1.807) is 36.4 Å². The molecule has 0 fully saturated rings. The molecule has 3 aromatic rings. The van der Waals surface area contributed by atoms with Crippen molar-refractivity contribution >= 4 is 15.7 Å². The molecule has 0 amide bonds. The molecular formula is C19H15F2NO2S. The first kappa shape index (κ1) is 17.1. The minimum Gasteiger partial charge on any atom is -0.262 e. The van der Waals surface area contributed by atoms with Crippen molar-refractivity contribution in [3.8, 4) is 0 Å². The van der Waals surface area contributed by atoms with Gasteiger partial charge in [-0.05, 0) is 54.1 Å². The quantitative estimate of drug-likeness (QED) is 0.679. The summed E-state index contributed by atoms with van der Waals surface area (Å²) in [7, 11) is -3.94. The van der Waals surface area contributed by atoms with Crippen molar-refractivity contribution in [2.24, 2.45) is 0 Å². The van der Waals surface area contributed by atoms with E-state index in [1.165, 1.54) is 34.6 Å². The van der Waals surface area contributed by atoms with Crippen LogP contribution in [0.1, 0.15) is 5.56 Å². The average Bonchev–Trinajstić information content (AvgIpc) is 2.61. The summed E-state index contributed by atoms with van der Waals surface area (Å²) in [6, 6.07) is 18.9. The second-order valence-corrected chi connectivity index (χ2v) is 7.29. The molecule has 0 atom stereocenters. The minimum atomic E-state index is -3.94. The van der Waals surface area contributed by atoms with Crippen LogP contribution < -0.4 is 4.31 Å². The summed E-state index contributed by atoms with van der Waals surface area (Å²) in [5.41, 5.74) is 0.950. The molecule has 3 nitrogen and oxygen atoms in total. The number of nitrogens with zero attached hydrogens (tertiary/aromatic N) is 1. The maximum Gasteiger partial charge on any atom is 0.264 e. The van der Waals surface area contributed by atoms with Gasteiger partial charge in [0.05, 0.1) is 17.1 Å². The van der Waals surface area contributed by atoms with Crippen molar-refractivity contribution in [2.45, 2.75) is 11.4 Å². The summed E-state index contributed by atoms with van der Waals surface area (Å²) in [4.78, 5) is -0.0332. The Morgan fingerprint density at radius 1 is 0.760 bits per heavy atom. The second-order valence-electron chi connectivity index (χ2n) is 5.43. The van der Waals surface area contributed by atoms with E-state index in [2.05, 4.69) is 0 Å². The van der Waals surface area contributed by atoms with E-state index in [-0.39, 0.29) is 11.4 Å². The second kappa shape index (κ2) is 7.03. The van der Waals surface area contributed by atoms with E-state index in [1.807, 2.05) is 0 Å². The fourth-order valence-electron chi connectivity index (χ4n) is 2.44. The highest BCUT2D eigenvalue weighted by molar-refractivity contribution is 7.92. The van der Waals surface area contributed by atoms with E-state index in [0.717, 1.165) is 12.1 Å². The normalized spacial score (nSPS) is 11.3. The monoisotopic (exact) mass is 359 g/mol. The van der Waals surface area contributed by atoms with Crippen LogP contribution in [0.3, 0.4) is 0 Å². The lowest BCUT2D eigenvalue weighted by atomic mass is 10.2. The van der Waals surface area contributed by atoms with Gasteiger partial charge in [-0.1, -0.05) is 30.3 Å². The Balaban J connectivity index is 2.06. The van der Waals surface area contributed by atoms with Crippen LogP contribution >= 0.6 is 0 Å². The number of hydrogen-bond donors (Lipinski definition) is 0. The van der Waals surface area contributed by atoms with Crippen LogP contribution in [0, 0.1) is 11.6 Å². The molecule has 0 N–H and O–H groups in total. The molecule has 0 radical (unpaired) electrons. The Kier molecular flexibility index (Phi) is 4.81. The van der Waals surface area contributed by atoms with Crippen molar-refractivity contribution in [1.29, 1.82) is 0 Å². The van der Waals surface area contributed by atoms with Crippen molar-refractivity contribution in [3.05, 3.63) is 96.1 Å². The Morgan fingerprint density at radius 3 is 2.08 bits per heavy atom. The van der Waals surface area contributed by atoms with Gasteiger partial charge in [-0.15, -0.1) is 0 Å². The van der Waals surface area contributed by atoms with E-state index in [9.17, 15) is 17.2 Å². The number of benzene rings is 3. The maximum atomic E-state index is 13.5. The highest BCUT2D eigenvalue weighted by atomic mass is 32.2. The lowest BCUT2D eigenvalue weighted by molar-refractivity contribution is 0.588. The third kappa shape index (κ3) is 3.85. The van der Waals surface area contributed by atoms with Gasteiger partial charge in [0.2, 0.25) is 0 Å². The van der Waals surface area contributed by atoms with Crippen LogP contribution in [-0.4, -0.2) is 8.42 Å². The molecule has 0 aliphatic heterocycles. The molecule has 0 aliphatic carbocycles. The lowest BCUT2D eigenvalue weighted by Gasteiger charge is -2.24. The number of para-hydroxylation sites is 1. The van der Waals surface area contributed by atoms with E-state index in [0.29, 0.717) is 11.3 Å². The van der Waals surface area contributed by atoms with Crippen molar-refractivity contribution in [1.82, 2.24) is 0 Å². The first-order chi connectivity index (χ1) is 12.0. The van der Waals surface area contributed by atoms with Gasteiger partial charge in [0, 0.05) is 0 Å². The van der Waals surface area contributed by atoms with Gasteiger partial charge < -0.3 is 0 Å². The average molecular weight is 359 g/mol. The molecule has 128 valence electrons. The molecule has 0 saturated heterocycles. The SMILES string of the molecule is O=S(=O)(c1ccc(F)cc1)N(Cc1cccc(F)c1)c1ccccc1. The van der Waals surface area contributed by atoms with Gasteiger partial charge in [0.15, 0.2) is 0 Å². The van der Waals surface area contributed by atoms with E-state index < -0.39 is 21.7 Å². The van der Waals surface area contributed by atoms with E-state index in [4.69, 9.17) is 0 Å². The maximum absolute atomic E-state index is 13.5. The highest BCUT2D eigenvalue weighted by Gasteiger charge is 2.25. The van der Waals surface area contributed by atoms with Crippen LogP contribution in [0.5, 0.6) is 0 Å². The van der Waals surface area contributed by atoms with Crippen LogP contribution in [0.4, 0.5) is 14.5 Å². The van der Waals surface area contributed by atoms with Crippen molar-refractivity contribution < 1.29 is 17.2 Å². The van der Waals surface area contributed by atoms with Crippen LogP contribution in [0.2, 0.25) is 0 Å². The Bertz CT molecular complexity index is 958. The van der Waals surface area contributed by atoms with Gasteiger partial charge in [-0.25, -0.2) is 17.2 Å². The van der Waals surface area contributed by atoms with Gasteiger partial charge in [-0.3, -0.25) is 4.31 Å². The molecule has 3 rings (SSSR count). The number of rotatable bonds is 5. The highest BCUT2D eigenvalue weighted by Crippen LogP contribution is 2.26. The summed E-state index contributed by atoms with van der Waals surface area (Å²) < 4.78 is 53.9. The summed E-state index contributed by atoms with van der Waals surface area (Å²) in [5.74, 6) is -0.958. The summed E-state index contributed by atoms with van der Waals surface area (Å²) in [6.45, 7) is -0.0402. The molecule has 0 spiro atoms. The Labute approximate surface area is 145 Å². The summed E-state index contributed by atoms with van der Waals surface area (Å²) in [5, 5.41) is 0. The zero-order chi connectivity index (χ0) is 17.9. The zero-order valence-corrected chi connectivity index (χ0v) is 14.0. The van der Waals surface area contributed by atoms with Crippen LogP contribution in [0.25, 0.3) is 0 Å². The third-order valence-corrected chi connectivity index (χ3v) is 5.45. The molecular weight excluding hydrogens is 344 g/mol. The summed E-state index contributed by atoms with van der Waals surface area (Å²) in [6.07, 6.45) is 0. The zero-order valence-electron chi connectivity index (χ0n) is 13.1. The third-order valence-electron chi connectivity index (χ3n) is 3.66. The smallest absolute Gasteiger partial charge is 0.262 e. The molecule has 0 unspecified atom stereocenters. The Hall–Kier alpha value is -2.73. The Morgan fingerprint density at radius 2 is 1.44 bits per heavy atom. The standard InChI is InChI=1S/C19H15F2NO2S/c20-16-9-11-19(12-10-16)25(23,24)22(18-7-2-1-3-8-18)14-15-5-4-6-17(21)13-15/h1-13H,14H2. The number of halogens is 2. The fourth-order valence-corrected chi connectivity index (χ4v) is 3.90. The van der Waals surface area contributed by atoms with Gasteiger partial charge in [-0.2, -0.15) is 0 Å². The van der Waals surface area contributed by atoms with Gasteiger partial charge >= 0.3 is 0 Å². The predicted octanol–water partition coefficient (Wildman–Crippen LogP) is 4.36. The molecule has 0 aromatic heterocycles. The number of hydrogen-bond acceptors (Lipinski definition) is 2. The molecule has 0 bridgehead atoms. The van der Waals surface area contributed by atoms with Crippen molar-refractivity contribution in [3.63, 3.8) is 0 Å². The topological polar surface area (TPSA) is 37.4 Å². The van der Waals surface area contributed by atoms with Gasteiger partial charge in [0.1, 0.15) is 11.6 Å². The van der Waals surface area contributed by atoms with Gasteiger partial charge in [0.25, 0.3) is 10.0 Å². The first-order valence-electron chi connectivity index (χ1n) is 7.54. The predicted molar refractivity (Wildman–Crippen MR) is 92.6 cm³/mol. The fraction of sp³-hybridized carbons (Fsp3) is 0.0526. The molecule has 3 aromatic carbocycles. The lowest BCUT2D eigenvalue weighted by Crippen LogP contribution is -2.30. The largest absolute Gasteiger partial charge is 0.264 e. The number of sulfonamides is 1. The minimum absolute atomic E-state index is 0.0332. The number of anilines is 1. The summed E-state index contributed by atoms with van der Waals surface area (Å²) >= 11 is 0. The molecule has 0 heterocycles. The molecule has 6 heteroatoms. The molecule has 0 saturated carbocycles. The van der Waals surface area contributed by atoms with Crippen LogP contribution in [0.15, 0.2) is 83.8 Å². The van der Waals surface area contributed by atoms with E-state index >= 15 is 0 Å².